The highest BCUT2D eigenvalue weighted by Crippen LogP contribution is 2.41. The molecule has 0 radical (unpaired) electrons. The summed E-state index contributed by atoms with van der Waals surface area (Å²) < 4.78 is 16.5. The van der Waals surface area contributed by atoms with Crippen molar-refractivity contribution in [2.45, 2.75) is 38.7 Å². The molecule has 1 saturated heterocycles. The molecule has 6 heteroatoms. The van der Waals surface area contributed by atoms with Crippen LogP contribution in [0.15, 0.2) is 18.2 Å². The first-order valence-electron chi connectivity index (χ1n) is 8.69. The predicted octanol–water partition coefficient (Wildman–Crippen LogP) is 2.19. The van der Waals surface area contributed by atoms with Crippen LogP contribution in [-0.4, -0.2) is 49.2 Å². The molecule has 0 aliphatic carbocycles. The van der Waals surface area contributed by atoms with E-state index in [1.54, 1.807) is 4.90 Å². The van der Waals surface area contributed by atoms with Crippen LogP contribution in [0, 0.1) is 5.92 Å². The molecule has 0 bridgehead atoms. The number of para-hydroxylation sites is 1. The van der Waals surface area contributed by atoms with Gasteiger partial charge in [0.15, 0.2) is 18.1 Å². The third-order valence-electron chi connectivity index (χ3n) is 4.79. The lowest BCUT2D eigenvalue weighted by Crippen LogP contribution is -2.42. The van der Waals surface area contributed by atoms with Gasteiger partial charge in [0, 0.05) is 25.1 Å². The molecule has 1 aromatic carbocycles. The van der Waals surface area contributed by atoms with Crippen molar-refractivity contribution >= 4 is 11.9 Å². The van der Waals surface area contributed by atoms with E-state index >= 15 is 0 Å². The summed E-state index contributed by atoms with van der Waals surface area (Å²) in [6.45, 7) is 5.15. The summed E-state index contributed by atoms with van der Waals surface area (Å²) in [5.41, 5.74) is 0.857. The highest BCUT2D eigenvalue weighted by molar-refractivity contribution is 5.78. The number of hydrogen-bond donors (Lipinski definition) is 0. The summed E-state index contributed by atoms with van der Waals surface area (Å²) in [4.78, 5) is 25.7. The minimum atomic E-state index is -0.248. The summed E-state index contributed by atoms with van der Waals surface area (Å²) in [6, 6.07) is 5.78. The number of esters is 1. The maximum Gasteiger partial charge on any atom is 0.308 e. The van der Waals surface area contributed by atoms with Gasteiger partial charge in [-0.15, -0.1) is 0 Å². The lowest BCUT2D eigenvalue weighted by atomic mass is 9.97. The molecule has 136 valence electrons. The van der Waals surface area contributed by atoms with Gasteiger partial charge in [0.2, 0.25) is 0 Å². The average Bonchev–Trinajstić information content (AvgIpc) is 2.93. The van der Waals surface area contributed by atoms with Crippen molar-refractivity contribution < 1.29 is 23.8 Å². The van der Waals surface area contributed by atoms with Gasteiger partial charge in [-0.3, -0.25) is 9.59 Å². The number of hydrogen-bond acceptors (Lipinski definition) is 5. The summed E-state index contributed by atoms with van der Waals surface area (Å²) in [6.07, 6.45) is 2.10. The minimum Gasteiger partial charge on any atom is -0.483 e. The van der Waals surface area contributed by atoms with Crippen molar-refractivity contribution in [3.05, 3.63) is 23.8 Å². The normalized spacial score (nSPS) is 19.1. The Balaban J connectivity index is 1.55. The van der Waals surface area contributed by atoms with Crippen molar-refractivity contribution in [3.63, 3.8) is 0 Å². The third kappa shape index (κ3) is 3.89. The zero-order valence-electron chi connectivity index (χ0n) is 15.0. The Morgan fingerprint density at radius 2 is 2.00 bits per heavy atom. The van der Waals surface area contributed by atoms with Crippen LogP contribution in [0.1, 0.15) is 32.3 Å². The summed E-state index contributed by atoms with van der Waals surface area (Å²) in [5, 5.41) is 0. The number of carbonyl (C=O) groups is 2. The predicted molar refractivity (Wildman–Crippen MR) is 91.7 cm³/mol. The topological polar surface area (TPSA) is 65.1 Å². The Labute approximate surface area is 148 Å². The van der Waals surface area contributed by atoms with Crippen LogP contribution in [0.3, 0.4) is 0 Å². The smallest absolute Gasteiger partial charge is 0.308 e. The molecule has 6 nitrogen and oxygen atoms in total. The summed E-state index contributed by atoms with van der Waals surface area (Å²) in [7, 11) is 1.40. The van der Waals surface area contributed by atoms with Crippen LogP contribution < -0.4 is 9.47 Å². The SMILES string of the molecule is COC(=O)C1CCN(C(=O)COc2cccc3c2OC(C)(C)C3)CC1. The first kappa shape index (κ1) is 17.6. The first-order valence-corrected chi connectivity index (χ1v) is 8.69. The number of rotatable bonds is 4. The fraction of sp³-hybridized carbons (Fsp3) is 0.579. The fourth-order valence-electron chi connectivity index (χ4n) is 3.46. The molecular weight excluding hydrogens is 322 g/mol. The molecule has 0 saturated carbocycles. The number of carbonyl (C=O) groups excluding carboxylic acids is 2. The highest BCUT2D eigenvalue weighted by atomic mass is 16.5. The molecule has 1 aromatic rings. The van der Waals surface area contributed by atoms with Gasteiger partial charge in [-0.05, 0) is 32.8 Å². The van der Waals surface area contributed by atoms with Crippen molar-refractivity contribution in [2.75, 3.05) is 26.8 Å². The van der Waals surface area contributed by atoms with Crippen LogP contribution in [-0.2, 0) is 20.7 Å². The molecule has 3 rings (SSSR count). The van der Waals surface area contributed by atoms with E-state index in [1.165, 1.54) is 7.11 Å². The quantitative estimate of drug-likeness (QED) is 0.781. The molecule has 2 aliphatic heterocycles. The van der Waals surface area contributed by atoms with Crippen LogP contribution in [0.4, 0.5) is 0 Å². The third-order valence-corrected chi connectivity index (χ3v) is 4.79. The molecule has 2 heterocycles. The lowest BCUT2D eigenvalue weighted by molar-refractivity contribution is -0.149. The molecular formula is C19H25NO5. The second-order valence-electron chi connectivity index (χ2n) is 7.25. The van der Waals surface area contributed by atoms with E-state index in [0.717, 1.165) is 17.7 Å². The number of piperidine rings is 1. The first-order chi connectivity index (χ1) is 11.9. The standard InChI is InChI=1S/C19H25NO5/c1-19(2)11-14-5-4-6-15(17(14)25-19)24-12-16(21)20-9-7-13(8-10-20)18(22)23-3/h4-6,13H,7-12H2,1-3H3. The number of methoxy groups -OCH3 is 1. The molecule has 25 heavy (non-hydrogen) atoms. The number of benzene rings is 1. The van der Waals surface area contributed by atoms with E-state index in [4.69, 9.17) is 14.2 Å². The highest BCUT2D eigenvalue weighted by Gasteiger charge is 2.33. The van der Waals surface area contributed by atoms with E-state index in [-0.39, 0.29) is 30.0 Å². The van der Waals surface area contributed by atoms with Crippen LogP contribution >= 0.6 is 0 Å². The van der Waals surface area contributed by atoms with Gasteiger partial charge in [0.25, 0.3) is 5.91 Å². The van der Waals surface area contributed by atoms with Crippen molar-refractivity contribution in [3.8, 4) is 11.5 Å². The Morgan fingerprint density at radius 3 is 2.68 bits per heavy atom. The van der Waals surface area contributed by atoms with E-state index in [9.17, 15) is 9.59 Å². The fourth-order valence-corrected chi connectivity index (χ4v) is 3.46. The van der Waals surface area contributed by atoms with Crippen LogP contribution in [0.25, 0.3) is 0 Å². The molecule has 0 aromatic heterocycles. The van der Waals surface area contributed by atoms with Gasteiger partial charge < -0.3 is 19.1 Å². The number of amides is 1. The Bertz CT molecular complexity index is 662. The van der Waals surface area contributed by atoms with E-state index in [0.29, 0.717) is 31.7 Å². The molecule has 2 aliphatic rings. The summed E-state index contributed by atoms with van der Waals surface area (Å²) in [5.74, 6) is 0.981. The van der Waals surface area contributed by atoms with Crippen molar-refractivity contribution in [1.82, 2.24) is 4.90 Å². The van der Waals surface area contributed by atoms with Gasteiger partial charge in [-0.1, -0.05) is 12.1 Å². The van der Waals surface area contributed by atoms with Gasteiger partial charge in [0.1, 0.15) is 5.60 Å². The minimum absolute atomic E-state index is 0.0247. The van der Waals surface area contributed by atoms with Gasteiger partial charge in [-0.25, -0.2) is 0 Å². The molecule has 0 spiro atoms. The lowest BCUT2D eigenvalue weighted by Gasteiger charge is -2.30. The molecule has 0 atom stereocenters. The number of fused-ring (bicyclic) bond motifs is 1. The number of ether oxygens (including phenoxy) is 3. The van der Waals surface area contributed by atoms with E-state index in [1.807, 2.05) is 32.0 Å². The number of likely N-dealkylation sites (tertiary alicyclic amines) is 1. The Morgan fingerprint density at radius 1 is 1.28 bits per heavy atom. The van der Waals surface area contributed by atoms with Gasteiger partial charge in [-0.2, -0.15) is 0 Å². The van der Waals surface area contributed by atoms with E-state index < -0.39 is 0 Å². The van der Waals surface area contributed by atoms with Gasteiger partial charge in [0.05, 0.1) is 13.0 Å². The second-order valence-corrected chi connectivity index (χ2v) is 7.25. The Hall–Kier alpha value is -2.24. The van der Waals surface area contributed by atoms with Crippen molar-refractivity contribution in [2.24, 2.45) is 5.92 Å². The average molecular weight is 347 g/mol. The van der Waals surface area contributed by atoms with Crippen LogP contribution in [0.5, 0.6) is 11.5 Å². The Kier molecular flexibility index (Phi) is 4.88. The zero-order chi connectivity index (χ0) is 18.0. The van der Waals surface area contributed by atoms with Crippen LogP contribution in [0.2, 0.25) is 0 Å². The molecule has 0 unspecified atom stereocenters. The zero-order valence-corrected chi connectivity index (χ0v) is 15.0. The monoisotopic (exact) mass is 347 g/mol. The molecule has 1 amide bonds. The van der Waals surface area contributed by atoms with Gasteiger partial charge >= 0.3 is 5.97 Å². The number of nitrogens with zero attached hydrogens (tertiary/aromatic N) is 1. The largest absolute Gasteiger partial charge is 0.483 e. The van der Waals surface area contributed by atoms with Crippen molar-refractivity contribution in [1.29, 1.82) is 0 Å². The molecule has 1 fully saturated rings. The second kappa shape index (κ2) is 6.94. The maximum absolute atomic E-state index is 12.4. The maximum atomic E-state index is 12.4. The summed E-state index contributed by atoms with van der Waals surface area (Å²) >= 11 is 0. The molecule has 0 N–H and O–H groups in total. The van der Waals surface area contributed by atoms with E-state index in [2.05, 4.69) is 0 Å².